The van der Waals surface area contributed by atoms with Crippen molar-refractivity contribution in [1.82, 2.24) is 0 Å². The highest BCUT2D eigenvalue weighted by Gasteiger charge is 2.25. The second kappa shape index (κ2) is 7.14. The number of hydrogen-bond acceptors (Lipinski definition) is 3. The average Bonchev–Trinajstić information content (AvgIpc) is 2.54. The monoisotopic (exact) mass is 285 g/mol. The predicted octanol–water partition coefficient (Wildman–Crippen LogP) is 3.80. The fraction of sp³-hybridized carbons (Fsp3) is 0.333. The fourth-order valence-electron chi connectivity index (χ4n) is 2.18. The lowest BCUT2D eigenvalue weighted by atomic mass is 9.92. The number of para-hydroxylation sites is 1. The van der Waals surface area contributed by atoms with Crippen LogP contribution in [0.15, 0.2) is 54.6 Å². The van der Waals surface area contributed by atoms with Gasteiger partial charge in [0.15, 0.2) is 0 Å². The number of ether oxygens (including phenoxy) is 1. The molecule has 0 radical (unpaired) electrons. The van der Waals surface area contributed by atoms with Gasteiger partial charge in [0, 0.05) is 5.69 Å². The van der Waals surface area contributed by atoms with Gasteiger partial charge in [-0.3, -0.25) is 0 Å². The molecule has 0 aliphatic carbocycles. The van der Waals surface area contributed by atoms with Crippen molar-refractivity contribution in [3.8, 4) is 5.75 Å². The highest BCUT2D eigenvalue weighted by Crippen LogP contribution is 2.27. The van der Waals surface area contributed by atoms with Crippen LogP contribution >= 0.6 is 0 Å². The van der Waals surface area contributed by atoms with Crippen LogP contribution in [0.3, 0.4) is 0 Å². The lowest BCUT2D eigenvalue weighted by molar-refractivity contribution is 0.224. The molecule has 0 aromatic heterocycles. The molecule has 2 N–H and O–H groups in total. The minimum absolute atomic E-state index is 0.0110. The molecule has 0 amide bonds. The minimum Gasteiger partial charge on any atom is -0.494 e. The van der Waals surface area contributed by atoms with Gasteiger partial charge in [0.05, 0.1) is 18.8 Å². The average molecular weight is 285 g/mol. The molecule has 0 fully saturated rings. The van der Waals surface area contributed by atoms with E-state index in [1.54, 1.807) is 0 Å². The maximum absolute atomic E-state index is 9.82. The lowest BCUT2D eigenvalue weighted by Gasteiger charge is -2.30. The van der Waals surface area contributed by atoms with Crippen LogP contribution in [0.2, 0.25) is 0 Å². The summed E-state index contributed by atoms with van der Waals surface area (Å²) >= 11 is 0. The van der Waals surface area contributed by atoms with Crippen LogP contribution in [0, 0.1) is 0 Å². The summed E-state index contributed by atoms with van der Waals surface area (Å²) < 4.78 is 5.59. The summed E-state index contributed by atoms with van der Waals surface area (Å²) in [6.07, 6.45) is 0.992. The van der Waals surface area contributed by atoms with Gasteiger partial charge in [0.2, 0.25) is 0 Å². The third kappa shape index (κ3) is 3.99. The number of rotatable bonds is 7. The van der Waals surface area contributed by atoms with Crippen molar-refractivity contribution in [3.05, 3.63) is 60.2 Å². The molecule has 0 spiro atoms. The Labute approximate surface area is 126 Å². The first kappa shape index (κ1) is 15.4. The van der Waals surface area contributed by atoms with Crippen LogP contribution in [0.5, 0.6) is 5.75 Å². The van der Waals surface area contributed by atoms with E-state index in [2.05, 4.69) is 12.2 Å². The summed E-state index contributed by atoms with van der Waals surface area (Å²) in [7, 11) is 0. The van der Waals surface area contributed by atoms with Gasteiger partial charge in [0.25, 0.3) is 0 Å². The molecule has 0 aliphatic rings. The van der Waals surface area contributed by atoms with Gasteiger partial charge in [-0.05, 0) is 43.2 Å². The highest BCUT2D eigenvalue weighted by molar-refractivity contribution is 5.48. The van der Waals surface area contributed by atoms with Gasteiger partial charge in [-0.25, -0.2) is 0 Å². The summed E-state index contributed by atoms with van der Waals surface area (Å²) in [4.78, 5) is 0. The Bertz CT molecular complexity index is 539. The summed E-state index contributed by atoms with van der Waals surface area (Å²) in [5.41, 5.74) is 1.49. The summed E-state index contributed by atoms with van der Waals surface area (Å²) in [5, 5.41) is 13.2. The molecule has 0 heterocycles. The Balaban J connectivity index is 2.15. The van der Waals surface area contributed by atoms with Crippen LogP contribution in [0.1, 0.15) is 25.8 Å². The van der Waals surface area contributed by atoms with Crippen LogP contribution < -0.4 is 10.1 Å². The smallest absolute Gasteiger partial charge is 0.119 e. The van der Waals surface area contributed by atoms with E-state index < -0.39 is 5.54 Å². The van der Waals surface area contributed by atoms with Crippen LogP contribution in [0.4, 0.5) is 5.69 Å². The topological polar surface area (TPSA) is 41.5 Å². The summed E-state index contributed by atoms with van der Waals surface area (Å²) in [6, 6.07) is 17.8. The van der Waals surface area contributed by atoms with Gasteiger partial charge >= 0.3 is 0 Å². The van der Waals surface area contributed by atoms with E-state index in [1.807, 2.05) is 61.5 Å². The predicted molar refractivity (Wildman–Crippen MR) is 86.7 cm³/mol. The maximum Gasteiger partial charge on any atom is 0.119 e. The Morgan fingerprint density at radius 3 is 2.29 bits per heavy atom. The largest absolute Gasteiger partial charge is 0.494 e. The molecule has 21 heavy (non-hydrogen) atoms. The van der Waals surface area contributed by atoms with Gasteiger partial charge < -0.3 is 15.2 Å². The van der Waals surface area contributed by atoms with E-state index in [-0.39, 0.29) is 6.61 Å². The SMILES string of the molecule is CCCOc1ccc(C(C)(CO)Nc2ccccc2)cc1. The zero-order valence-corrected chi connectivity index (χ0v) is 12.7. The first-order valence-corrected chi connectivity index (χ1v) is 7.35. The molecule has 2 aromatic rings. The molecule has 1 atom stereocenters. The fourth-order valence-corrected chi connectivity index (χ4v) is 2.18. The zero-order valence-electron chi connectivity index (χ0n) is 12.7. The van der Waals surface area contributed by atoms with Gasteiger partial charge in [-0.15, -0.1) is 0 Å². The number of aliphatic hydroxyl groups is 1. The van der Waals surface area contributed by atoms with Crippen LogP contribution in [-0.4, -0.2) is 18.3 Å². The van der Waals surface area contributed by atoms with Crippen molar-refractivity contribution in [2.75, 3.05) is 18.5 Å². The standard InChI is InChI=1S/C18H23NO2/c1-3-13-21-17-11-9-15(10-12-17)18(2,14-20)19-16-7-5-4-6-8-16/h4-12,19-20H,3,13-14H2,1-2H3. The van der Waals surface area contributed by atoms with Crippen molar-refractivity contribution in [2.45, 2.75) is 25.8 Å². The number of anilines is 1. The number of nitrogens with one attached hydrogen (secondary N) is 1. The molecule has 2 aromatic carbocycles. The highest BCUT2D eigenvalue weighted by atomic mass is 16.5. The number of benzene rings is 2. The molecular weight excluding hydrogens is 262 g/mol. The molecule has 3 heteroatoms. The molecule has 112 valence electrons. The quantitative estimate of drug-likeness (QED) is 0.813. The van der Waals surface area contributed by atoms with E-state index >= 15 is 0 Å². The lowest BCUT2D eigenvalue weighted by Crippen LogP contribution is -2.35. The third-order valence-corrected chi connectivity index (χ3v) is 3.47. The molecule has 0 saturated heterocycles. The number of aliphatic hydroxyl groups excluding tert-OH is 1. The molecule has 0 aliphatic heterocycles. The van der Waals surface area contributed by atoms with Gasteiger partial charge in [0.1, 0.15) is 5.75 Å². The Kier molecular flexibility index (Phi) is 5.23. The van der Waals surface area contributed by atoms with Crippen molar-refractivity contribution >= 4 is 5.69 Å². The van der Waals surface area contributed by atoms with E-state index in [0.29, 0.717) is 0 Å². The first-order chi connectivity index (χ1) is 10.2. The number of hydrogen-bond donors (Lipinski definition) is 2. The zero-order chi connectivity index (χ0) is 15.1. The Hall–Kier alpha value is -2.00. The third-order valence-electron chi connectivity index (χ3n) is 3.47. The molecule has 0 saturated carbocycles. The Morgan fingerprint density at radius 2 is 1.71 bits per heavy atom. The summed E-state index contributed by atoms with van der Waals surface area (Å²) in [5.74, 6) is 0.862. The first-order valence-electron chi connectivity index (χ1n) is 7.35. The van der Waals surface area contributed by atoms with E-state index in [1.165, 1.54) is 0 Å². The van der Waals surface area contributed by atoms with Crippen molar-refractivity contribution in [3.63, 3.8) is 0 Å². The van der Waals surface area contributed by atoms with E-state index in [0.717, 1.165) is 30.0 Å². The van der Waals surface area contributed by atoms with Gasteiger partial charge in [-0.1, -0.05) is 37.3 Å². The minimum atomic E-state index is -0.523. The van der Waals surface area contributed by atoms with Crippen LogP contribution in [0.25, 0.3) is 0 Å². The maximum atomic E-state index is 9.82. The van der Waals surface area contributed by atoms with Crippen LogP contribution in [-0.2, 0) is 5.54 Å². The second-order valence-corrected chi connectivity index (χ2v) is 5.35. The van der Waals surface area contributed by atoms with Gasteiger partial charge in [-0.2, -0.15) is 0 Å². The molecular formula is C18H23NO2. The second-order valence-electron chi connectivity index (χ2n) is 5.35. The van der Waals surface area contributed by atoms with Crippen molar-refractivity contribution < 1.29 is 9.84 Å². The normalized spacial score (nSPS) is 13.5. The molecule has 1 unspecified atom stereocenters. The summed E-state index contributed by atoms with van der Waals surface area (Å²) in [6.45, 7) is 4.80. The van der Waals surface area contributed by atoms with Crippen molar-refractivity contribution in [1.29, 1.82) is 0 Å². The molecule has 2 rings (SSSR count). The van der Waals surface area contributed by atoms with E-state index in [4.69, 9.17) is 4.74 Å². The Morgan fingerprint density at radius 1 is 1.05 bits per heavy atom. The van der Waals surface area contributed by atoms with Crippen molar-refractivity contribution in [2.24, 2.45) is 0 Å². The molecule has 0 bridgehead atoms. The molecule has 3 nitrogen and oxygen atoms in total. The van der Waals surface area contributed by atoms with E-state index in [9.17, 15) is 5.11 Å².